The number of fused-ring (bicyclic) bond motifs is 1. The number of nitrogens with zero attached hydrogens (tertiary/aromatic N) is 2. The molecule has 2 atom stereocenters. The Bertz CT molecular complexity index is 1170. The lowest BCUT2D eigenvalue weighted by Crippen LogP contribution is -2.35. The maximum atomic E-state index is 13.3. The topological polar surface area (TPSA) is 79.3 Å². The second-order valence-corrected chi connectivity index (χ2v) is 10.4. The van der Waals surface area contributed by atoms with E-state index in [4.69, 9.17) is 9.47 Å². The highest BCUT2D eigenvalue weighted by atomic mass is 16.5. The van der Waals surface area contributed by atoms with Crippen LogP contribution in [0, 0.1) is 5.92 Å². The molecular formula is C29H36N2O5. The molecule has 0 aliphatic carbocycles. The van der Waals surface area contributed by atoms with E-state index in [1.54, 1.807) is 11.0 Å². The van der Waals surface area contributed by atoms with Crippen molar-refractivity contribution in [2.24, 2.45) is 5.92 Å². The van der Waals surface area contributed by atoms with Crippen molar-refractivity contribution in [3.63, 3.8) is 0 Å². The van der Waals surface area contributed by atoms with Crippen LogP contribution in [0.3, 0.4) is 0 Å². The molecule has 1 saturated heterocycles. The summed E-state index contributed by atoms with van der Waals surface area (Å²) in [5.74, 6) is 0.537. The molecule has 4 rings (SSSR count). The van der Waals surface area contributed by atoms with Crippen LogP contribution in [0.4, 0.5) is 0 Å². The number of carbonyl (C=O) groups excluding carboxylic acids is 2. The van der Waals surface area contributed by atoms with Crippen molar-refractivity contribution >= 4 is 17.4 Å². The molecule has 0 spiro atoms. The number of benzene rings is 2. The summed E-state index contributed by atoms with van der Waals surface area (Å²) in [5.41, 5.74) is 2.32. The first kappa shape index (κ1) is 25.8. The van der Waals surface area contributed by atoms with Crippen LogP contribution in [0.15, 0.2) is 48.0 Å². The predicted octanol–water partition coefficient (Wildman–Crippen LogP) is 4.42. The average Bonchev–Trinajstić information content (AvgIpc) is 3.32. The molecule has 0 bridgehead atoms. The van der Waals surface area contributed by atoms with E-state index < -0.39 is 17.7 Å². The van der Waals surface area contributed by atoms with Gasteiger partial charge in [0.25, 0.3) is 11.7 Å². The largest absolute Gasteiger partial charge is 0.507 e. The third-order valence-corrected chi connectivity index (χ3v) is 6.64. The fourth-order valence-electron chi connectivity index (χ4n) is 4.68. The van der Waals surface area contributed by atoms with Gasteiger partial charge in [0.15, 0.2) is 0 Å². The Morgan fingerprint density at radius 2 is 1.97 bits per heavy atom. The van der Waals surface area contributed by atoms with E-state index in [0.717, 1.165) is 29.7 Å². The highest BCUT2D eigenvalue weighted by molar-refractivity contribution is 6.46. The molecule has 1 fully saturated rings. The summed E-state index contributed by atoms with van der Waals surface area (Å²) in [6.45, 7) is 7.80. The van der Waals surface area contributed by atoms with Crippen LogP contribution in [-0.2, 0) is 16.0 Å². The molecule has 0 saturated carbocycles. The van der Waals surface area contributed by atoms with Gasteiger partial charge in [0.2, 0.25) is 0 Å². The van der Waals surface area contributed by atoms with Gasteiger partial charge in [-0.15, -0.1) is 0 Å². The number of hydrogen-bond donors (Lipinski definition) is 1. The van der Waals surface area contributed by atoms with E-state index in [1.165, 1.54) is 0 Å². The number of likely N-dealkylation sites (tertiary alicyclic amines) is 1. The SMILES string of the molecule is CC(C)CCOc1cccc([C@@H]2/C(=C(\O)c3ccc4c(c3)C[C@H](C)O4)C(=O)C(=O)N2CCN(C)C)c1. The first-order valence-electron chi connectivity index (χ1n) is 12.6. The number of amides is 1. The fraction of sp³-hybridized carbons (Fsp3) is 0.448. The van der Waals surface area contributed by atoms with Crippen molar-refractivity contribution in [3.05, 3.63) is 64.7 Å². The summed E-state index contributed by atoms with van der Waals surface area (Å²) in [6, 6.07) is 12.2. The van der Waals surface area contributed by atoms with Crippen LogP contribution >= 0.6 is 0 Å². The molecule has 0 aromatic heterocycles. The van der Waals surface area contributed by atoms with Crippen LogP contribution in [0.1, 0.15) is 49.9 Å². The molecule has 0 radical (unpaired) electrons. The van der Waals surface area contributed by atoms with E-state index in [0.29, 0.717) is 36.9 Å². The molecule has 2 aromatic rings. The van der Waals surface area contributed by atoms with Crippen LogP contribution < -0.4 is 9.47 Å². The third kappa shape index (κ3) is 5.41. The minimum atomic E-state index is -0.706. The Labute approximate surface area is 213 Å². The van der Waals surface area contributed by atoms with Gasteiger partial charge in [-0.25, -0.2) is 0 Å². The lowest BCUT2D eigenvalue weighted by molar-refractivity contribution is -0.140. The van der Waals surface area contributed by atoms with Gasteiger partial charge >= 0.3 is 0 Å². The molecule has 192 valence electrons. The molecule has 2 heterocycles. The number of aliphatic hydroxyl groups excluding tert-OH is 1. The second kappa shape index (κ2) is 10.7. The molecule has 2 aliphatic rings. The number of rotatable bonds is 9. The number of ketones is 1. The minimum absolute atomic E-state index is 0.0624. The lowest BCUT2D eigenvalue weighted by atomic mass is 9.94. The number of carbonyl (C=O) groups is 2. The Kier molecular flexibility index (Phi) is 7.69. The predicted molar refractivity (Wildman–Crippen MR) is 139 cm³/mol. The van der Waals surface area contributed by atoms with Crippen molar-refractivity contribution in [1.29, 1.82) is 0 Å². The van der Waals surface area contributed by atoms with Gasteiger partial charge in [0.05, 0.1) is 18.2 Å². The fourth-order valence-corrected chi connectivity index (χ4v) is 4.68. The van der Waals surface area contributed by atoms with E-state index in [-0.39, 0.29) is 17.4 Å². The standard InChI is InChI=1S/C29H36N2O5/c1-18(2)11-14-35-23-8-6-7-20(17-23)26-25(28(33)29(34)31(26)13-12-30(4)5)27(32)21-9-10-24-22(16-21)15-19(3)36-24/h6-10,16-19,26,32H,11-15H2,1-5H3/b27-25+/t19-,26+/m0/s1. The maximum absolute atomic E-state index is 13.3. The number of ether oxygens (including phenoxy) is 2. The van der Waals surface area contributed by atoms with Gasteiger partial charge in [0, 0.05) is 25.1 Å². The Balaban J connectivity index is 1.75. The third-order valence-electron chi connectivity index (χ3n) is 6.64. The summed E-state index contributed by atoms with van der Waals surface area (Å²) in [5, 5.41) is 11.4. The summed E-state index contributed by atoms with van der Waals surface area (Å²) in [7, 11) is 3.84. The second-order valence-electron chi connectivity index (χ2n) is 10.4. The van der Waals surface area contributed by atoms with E-state index in [2.05, 4.69) is 13.8 Å². The summed E-state index contributed by atoms with van der Waals surface area (Å²) in [6.07, 6.45) is 1.71. The van der Waals surface area contributed by atoms with E-state index in [9.17, 15) is 14.7 Å². The van der Waals surface area contributed by atoms with Gasteiger partial charge in [0.1, 0.15) is 23.4 Å². The Morgan fingerprint density at radius 1 is 1.19 bits per heavy atom. The van der Waals surface area contributed by atoms with Gasteiger partial charge in [-0.3, -0.25) is 9.59 Å². The Hall–Kier alpha value is -3.32. The molecule has 1 N–H and O–H groups in total. The Morgan fingerprint density at radius 3 is 2.69 bits per heavy atom. The lowest BCUT2D eigenvalue weighted by Gasteiger charge is -2.27. The summed E-state index contributed by atoms with van der Waals surface area (Å²) >= 11 is 0. The van der Waals surface area contributed by atoms with Crippen molar-refractivity contribution in [2.75, 3.05) is 33.8 Å². The highest BCUT2D eigenvalue weighted by Crippen LogP contribution is 2.41. The van der Waals surface area contributed by atoms with E-state index >= 15 is 0 Å². The molecule has 7 heteroatoms. The van der Waals surface area contributed by atoms with Crippen molar-refractivity contribution < 1.29 is 24.2 Å². The first-order valence-corrected chi connectivity index (χ1v) is 12.6. The van der Waals surface area contributed by atoms with Crippen molar-refractivity contribution in [2.45, 2.75) is 45.8 Å². The molecule has 1 amide bonds. The zero-order valence-electron chi connectivity index (χ0n) is 21.8. The van der Waals surface area contributed by atoms with Crippen molar-refractivity contribution in [3.8, 4) is 11.5 Å². The monoisotopic (exact) mass is 492 g/mol. The van der Waals surface area contributed by atoms with Crippen LogP contribution in [0.5, 0.6) is 11.5 Å². The molecule has 36 heavy (non-hydrogen) atoms. The first-order chi connectivity index (χ1) is 17.2. The van der Waals surface area contributed by atoms with Gasteiger partial charge < -0.3 is 24.4 Å². The number of hydrogen-bond acceptors (Lipinski definition) is 6. The number of likely N-dealkylation sites (N-methyl/N-ethyl adjacent to an activating group) is 1. The normalized spacial score (nSPS) is 20.8. The van der Waals surface area contributed by atoms with Crippen LogP contribution in [0.25, 0.3) is 5.76 Å². The zero-order chi connectivity index (χ0) is 26.0. The van der Waals surface area contributed by atoms with Gasteiger partial charge in [-0.1, -0.05) is 26.0 Å². The molecular weight excluding hydrogens is 456 g/mol. The minimum Gasteiger partial charge on any atom is -0.507 e. The average molecular weight is 493 g/mol. The smallest absolute Gasteiger partial charge is 0.295 e. The number of Topliss-reactive ketones (excluding diaryl/α,β-unsaturated/α-hetero) is 1. The maximum Gasteiger partial charge on any atom is 0.295 e. The van der Waals surface area contributed by atoms with Crippen LogP contribution in [-0.4, -0.2) is 66.5 Å². The summed E-state index contributed by atoms with van der Waals surface area (Å²) in [4.78, 5) is 30.0. The molecule has 2 aliphatic heterocycles. The highest BCUT2D eigenvalue weighted by Gasteiger charge is 2.46. The van der Waals surface area contributed by atoms with Crippen LogP contribution in [0.2, 0.25) is 0 Å². The van der Waals surface area contributed by atoms with E-state index in [1.807, 2.05) is 62.3 Å². The molecule has 0 unspecified atom stereocenters. The van der Waals surface area contributed by atoms with Gasteiger partial charge in [-0.2, -0.15) is 0 Å². The quantitative estimate of drug-likeness (QED) is 0.317. The van der Waals surface area contributed by atoms with Gasteiger partial charge in [-0.05, 0) is 74.8 Å². The summed E-state index contributed by atoms with van der Waals surface area (Å²) < 4.78 is 11.7. The molecule has 7 nitrogen and oxygen atoms in total. The molecule has 2 aromatic carbocycles. The van der Waals surface area contributed by atoms with Crippen molar-refractivity contribution in [1.82, 2.24) is 9.80 Å². The number of aliphatic hydroxyl groups is 1. The zero-order valence-corrected chi connectivity index (χ0v) is 21.8.